The number of amides is 2. The molecule has 2 N–H and O–H groups in total. The standard InChI is InChI=1S/C24H21F3N2O5S/c1-4-34-23(32)18-13(2)19(21(31)28-17-8-6-5-7-16(17)24(25,26)27)35-22(18)29-20(30)14-9-11-15(33-3)12-10-14/h5-12H,4H2,1-3H3,(H,28,31)(H,29,30). The van der Waals surface area contributed by atoms with Crippen molar-refractivity contribution < 1.29 is 37.0 Å². The van der Waals surface area contributed by atoms with Crippen LogP contribution in [0.3, 0.4) is 0 Å². The maximum Gasteiger partial charge on any atom is 0.418 e. The highest BCUT2D eigenvalue weighted by molar-refractivity contribution is 7.19. The van der Waals surface area contributed by atoms with Gasteiger partial charge in [0.05, 0.1) is 35.4 Å². The number of para-hydroxylation sites is 1. The number of nitrogens with one attached hydrogen (secondary N) is 2. The Morgan fingerprint density at radius 2 is 1.63 bits per heavy atom. The Hall–Kier alpha value is -3.86. The van der Waals surface area contributed by atoms with Crippen molar-refractivity contribution in [2.45, 2.75) is 20.0 Å². The van der Waals surface area contributed by atoms with E-state index in [1.807, 2.05) is 0 Å². The van der Waals surface area contributed by atoms with Gasteiger partial charge in [0, 0.05) is 5.56 Å². The Kier molecular flexibility index (Phi) is 7.80. The largest absolute Gasteiger partial charge is 0.497 e. The van der Waals surface area contributed by atoms with Crippen molar-refractivity contribution in [1.82, 2.24) is 0 Å². The molecule has 2 aromatic carbocycles. The van der Waals surface area contributed by atoms with Crippen LogP contribution in [0.5, 0.6) is 5.75 Å². The number of halogens is 3. The number of hydrogen-bond acceptors (Lipinski definition) is 6. The van der Waals surface area contributed by atoms with Crippen LogP contribution in [-0.2, 0) is 10.9 Å². The van der Waals surface area contributed by atoms with Gasteiger partial charge < -0.3 is 20.1 Å². The highest BCUT2D eigenvalue weighted by Gasteiger charge is 2.34. The lowest BCUT2D eigenvalue weighted by atomic mass is 10.1. The minimum atomic E-state index is -4.68. The highest BCUT2D eigenvalue weighted by atomic mass is 32.1. The summed E-state index contributed by atoms with van der Waals surface area (Å²) in [6.45, 7) is 3.09. The minimum absolute atomic E-state index is 0.0380. The Morgan fingerprint density at radius 3 is 2.23 bits per heavy atom. The number of ether oxygens (including phenoxy) is 2. The van der Waals surface area contributed by atoms with Crippen molar-refractivity contribution in [2.24, 2.45) is 0 Å². The molecule has 0 spiro atoms. The van der Waals surface area contributed by atoms with Crippen molar-refractivity contribution in [3.05, 3.63) is 75.7 Å². The van der Waals surface area contributed by atoms with E-state index in [-0.39, 0.29) is 33.2 Å². The molecular formula is C24H21F3N2O5S. The third kappa shape index (κ3) is 5.80. The van der Waals surface area contributed by atoms with E-state index < -0.39 is 35.2 Å². The first-order valence-electron chi connectivity index (χ1n) is 10.3. The van der Waals surface area contributed by atoms with Crippen LogP contribution in [0.25, 0.3) is 0 Å². The van der Waals surface area contributed by atoms with Crippen molar-refractivity contribution in [3.8, 4) is 5.75 Å². The zero-order valence-electron chi connectivity index (χ0n) is 18.9. The number of esters is 1. The molecule has 35 heavy (non-hydrogen) atoms. The van der Waals surface area contributed by atoms with Gasteiger partial charge in [0.2, 0.25) is 0 Å². The van der Waals surface area contributed by atoms with Crippen LogP contribution in [0.4, 0.5) is 23.9 Å². The summed E-state index contributed by atoms with van der Waals surface area (Å²) < 4.78 is 50.1. The number of methoxy groups -OCH3 is 1. The maximum atomic E-state index is 13.3. The number of anilines is 2. The summed E-state index contributed by atoms with van der Waals surface area (Å²) in [4.78, 5) is 38.3. The summed E-state index contributed by atoms with van der Waals surface area (Å²) in [5.41, 5.74) is -1.06. The lowest BCUT2D eigenvalue weighted by Gasteiger charge is -2.13. The Morgan fingerprint density at radius 1 is 0.971 bits per heavy atom. The fourth-order valence-corrected chi connectivity index (χ4v) is 4.29. The smallest absolute Gasteiger partial charge is 0.418 e. The lowest BCUT2D eigenvalue weighted by Crippen LogP contribution is -2.17. The number of thiophene rings is 1. The zero-order chi connectivity index (χ0) is 25.8. The summed E-state index contributed by atoms with van der Waals surface area (Å²) in [5.74, 6) is -1.66. The van der Waals surface area contributed by atoms with Gasteiger partial charge in [-0.1, -0.05) is 12.1 Å². The molecule has 0 fully saturated rings. The molecule has 0 aliphatic carbocycles. The predicted octanol–water partition coefficient (Wildman–Crippen LogP) is 5.77. The molecule has 0 unspecified atom stereocenters. The molecule has 3 rings (SSSR count). The molecule has 0 saturated carbocycles. The van der Waals surface area contributed by atoms with E-state index in [0.717, 1.165) is 23.5 Å². The molecule has 0 atom stereocenters. The average molecular weight is 507 g/mol. The third-order valence-corrected chi connectivity index (χ3v) is 6.10. The fourth-order valence-electron chi connectivity index (χ4n) is 3.20. The summed E-state index contributed by atoms with van der Waals surface area (Å²) >= 11 is 0.761. The minimum Gasteiger partial charge on any atom is -0.497 e. The van der Waals surface area contributed by atoms with Gasteiger partial charge in [0.25, 0.3) is 11.8 Å². The quantitative estimate of drug-likeness (QED) is 0.397. The number of rotatable bonds is 7. The van der Waals surface area contributed by atoms with Gasteiger partial charge >= 0.3 is 12.1 Å². The highest BCUT2D eigenvalue weighted by Crippen LogP contribution is 2.37. The molecule has 0 bridgehead atoms. The van der Waals surface area contributed by atoms with Gasteiger partial charge in [-0.15, -0.1) is 11.3 Å². The normalized spacial score (nSPS) is 11.0. The molecule has 0 saturated heterocycles. The fraction of sp³-hybridized carbons (Fsp3) is 0.208. The molecule has 1 heterocycles. The first kappa shape index (κ1) is 25.8. The van der Waals surface area contributed by atoms with Gasteiger partial charge in [-0.3, -0.25) is 9.59 Å². The van der Waals surface area contributed by atoms with Crippen LogP contribution in [-0.4, -0.2) is 31.5 Å². The van der Waals surface area contributed by atoms with E-state index in [2.05, 4.69) is 10.6 Å². The molecule has 3 aromatic rings. The van der Waals surface area contributed by atoms with Gasteiger partial charge in [-0.05, 0) is 55.8 Å². The topological polar surface area (TPSA) is 93.7 Å². The molecule has 0 aliphatic rings. The van der Waals surface area contributed by atoms with Crippen LogP contribution >= 0.6 is 11.3 Å². The summed E-state index contributed by atoms with van der Waals surface area (Å²) in [6, 6.07) is 10.7. The molecule has 2 amide bonds. The summed E-state index contributed by atoms with van der Waals surface area (Å²) in [5, 5.41) is 4.89. The number of carbonyl (C=O) groups excluding carboxylic acids is 3. The van der Waals surface area contributed by atoms with Gasteiger partial charge in [0.1, 0.15) is 10.8 Å². The number of hydrogen-bond donors (Lipinski definition) is 2. The van der Waals surface area contributed by atoms with Crippen LogP contribution in [0.15, 0.2) is 48.5 Å². The van der Waals surface area contributed by atoms with Crippen LogP contribution in [0.1, 0.15) is 48.4 Å². The predicted molar refractivity (Wildman–Crippen MR) is 125 cm³/mol. The zero-order valence-corrected chi connectivity index (χ0v) is 19.7. The first-order valence-corrected chi connectivity index (χ1v) is 11.1. The van der Waals surface area contributed by atoms with E-state index in [1.54, 1.807) is 19.1 Å². The molecule has 184 valence electrons. The monoisotopic (exact) mass is 506 g/mol. The summed E-state index contributed by atoms with van der Waals surface area (Å²) in [6.07, 6.45) is -4.68. The second-order valence-electron chi connectivity index (χ2n) is 7.16. The van der Waals surface area contributed by atoms with Crippen LogP contribution in [0, 0.1) is 6.92 Å². The molecule has 11 heteroatoms. The second-order valence-corrected chi connectivity index (χ2v) is 8.18. The SMILES string of the molecule is CCOC(=O)c1c(NC(=O)c2ccc(OC)cc2)sc(C(=O)Nc2ccccc2C(F)(F)F)c1C. The number of benzene rings is 2. The Bertz CT molecular complexity index is 1250. The molecule has 1 aromatic heterocycles. The van der Waals surface area contributed by atoms with Crippen molar-refractivity contribution in [3.63, 3.8) is 0 Å². The van der Waals surface area contributed by atoms with Gasteiger partial charge in [-0.2, -0.15) is 13.2 Å². The van der Waals surface area contributed by atoms with Crippen molar-refractivity contribution in [2.75, 3.05) is 24.4 Å². The molecule has 0 aliphatic heterocycles. The molecule has 7 nitrogen and oxygen atoms in total. The van der Waals surface area contributed by atoms with Crippen LogP contribution in [0.2, 0.25) is 0 Å². The van der Waals surface area contributed by atoms with E-state index in [4.69, 9.17) is 9.47 Å². The van der Waals surface area contributed by atoms with E-state index >= 15 is 0 Å². The lowest BCUT2D eigenvalue weighted by molar-refractivity contribution is -0.136. The molecule has 0 radical (unpaired) electrons. The second kappa shape index (κ2) is 10.6. The van der Waals surface area contributed by atoms with Gasteiger partial charge in [-0.25, -0.2) is 4.79 Å². The summed E-state index contributed by atoms with van der Waals surface area (Å²) in [7, 11) is 1.48. The van der Waals surface area contributed by atoms with E-state index in [9.17, 15) is 27.6 Å². The Labute approximate surface area is 202 Å². The van der Waals surface area contributed by atoms with Gasteiger partial charge in [0.15, 0.2) is 0 Å². The maximum absolute atomic E-state index is 13.3. The van der Waals surface area contributed by atoms with E-state index in [0.29, 0.717) is 5.75 Å². The third-order valence-electron chi connectivity index (χ3n) is 4.89. The number of alkyl halides is 3. The average Bonchev–Trinajstić information content (AvgIpc) is 3.14. The van der Waals surface area contributed by atoms with Crippen molar-refractivity contribution in [1.29, 1.82) is 0 Å². The van der Waals surface area contributed by atoms with Crippen LogP contribution < -0.4 is 15.4 Å². The molecular weight excluding hydrogens is 485 g/mol. The Balaban J connectivity index is 1.96. The first-order chi connectivity index (χ1) is 16.6. The number of carbonyl (C=O) groups is 3. The van der Waals surface area contributed by atoms with Crippen molar-refractivity contribution >= 4 is 39.8 Å². The van der Waals surface area contributed by atoms with E-state index in [1.165, 1.54) is 38.3 Å².